The van der Waals surface area contributed by atoms with Crippen LogP contribution in [-0.4, -0.2) is 26.8 Å². The largest absolute Gasteiger partial charge is 0.354 e. The number of hydrogen-bond donors (Lipinski definition) is 1. The number of rotatable bonds is 5. The lowest BCUT2D eigenvalue weighted by molar-refractivity contribution is -0.121. The number of carbonyl (C=O) groups is 1. The number of nitrogens with one attached hydrogen (secondary N) is 1. The second kappa shape index (κ2) is 7.62. The second-order valence-corrected chi connectivity index (χ2v) is 6.53. The number of amides is 1. The molecule has 1 aromatic rings. The van der Waals surface area contributed by atoms with E-state index >= 15 is 0 Å². The molecule has 0 atom stereocenters. The van der Waals surface area contributed by atoms with Crippen molar-refractivity contribution in [3.8, 4) is 0 Å². The molecule has 0 spiro atoms. The normalized spacial score (nSPS) is 18.0. The lowest BCUT2D eigenvalue weighted by Gasteiger charge is -2.12. The first kappa shape index (κ1) is 16.0. The van der Waals surface area contributed by atoms with Gasteiger partial charge in [-0.25, -0.2) is 9.48 Å². The maximum atomic E-state index is 12.3. The van der Waals surface area contributed by atoms with Gasteiger partial charge in [0.1, 0.15) is 12.4 Å². The van der Waals surface area contributed by atoms with E-state index < -0.39 is 0 Å². The fourth-order valence-corrected chi connectivity index (χ4v) is 3.41. The molecule has 1 aromatic heterocycles. The van der Waals surface area contributed by atoms with Crippen molar-refractivity contribution < 1.29 is 4.79 Å². The van der Waals surface area contributed by atoms with E-state index in [1.54, 1.807) is 4.57 Å². The van der Waals surface area contributed by atoms with Crippen LogP contribution < -0.4 is 11.0 Å². The van der Waals surface area contributed by atoms with Crippen molar-refractivity contribution in [1.82, 2.24) is 19.7 Å². The summed E-state index contributed by atoms with van der Waals surface area (Å²) in [7, 11) is 0. The van der Waals surface area contributed by atoms with Gasteiger partial charge in [0.25, 0.3) is 0 Å². The Morgan fingerprint density at radius 3 is 2.87 bits per heavy atom. The lowest BCUT2D eigenvalue weighted by atomic mass is 9.97. The summed E-state index contributed by atoms with van der Waals surface area (Å²) >= 11 is 0. The van der Waals surface area contributed by atoms with Crippen LogP contribution in [-0.2, 0) is 24.3 Å². The molecule has 0 saturated heterocycles. The number of fused-ring (bicyclic) bond motifs is 1. The van der Waals surface area contributed by atoms with E-state index in [-0.39, 0.29) is 18.1 Å². The first-order valence-corrected chi connectivity index (χ1v) is 8.85. The molecule has 6 heteroatoms. The predicted molar refractivity (Wildman–Crippen MR) is 88.2 cm³/mol. The van der Waals surface area contributed by atoms with Gasteiger partial charge in [0.2, 0.25) is 5.91 Å². The standard InChI is InChI=1S/C17H26N4O2/c22-16(18-11-10-14-7-3-1-4-8-14)13-21-17(23)20-12-6-2-5-9-15(20)19-21/h7H,1-6,8-13H2,(H,18,22). The summed E-state index contributed by atoms with van der Waals surface area (Å²) in [4.78, 5) is 24.3. The molecular formula is C17H26N4O2. The highest BCUT2D eigenvalue weighted by Gasteiger charge is 2.17. The van der Waals surface area contributed by atoms with E-state index in [0.29, 0.717) is 6.54 Å². The van der Waals surface area contributed by atoms with Crippen LogP contribution in [0.2, 0.25) is 0 Å². The van der Waals surface area contributed by atoms with Crippen molar-refractivity contribution in [2.75, 3.05) is 6.54 Å². The molecule has 0 radical (unpaired) electrons. The number of nitrogens with zero attached hydrogens (tertiary/aromatic N) is 3. The minimum atomic E-state index is -0.146. The first-order chi connectivity index (χ1) is 11.2. The average Bonchev–Trinajstić information content (AvgIpc) is 2.74. The van der Waals surface area contributed by atoms with E-state index in [1.165, 1.54) is 29.5 Å². The van der Waals surface area contributed by atoms with Crippen molar-refractivity contribution in [2.45, 2.75) is 70.9 Å². The Morgan fingerprint density at radius 2 is 2.04 bits per heavy atom. The number of aryl methyl sites for hydroxylation is 1. The lowest BCUT2D eigenvalue weighted by Crippen LogP contribution is -2.34. The van der Waals surface area contributed by atoms with Gasteiger partial charge in [0, 0.05) is 19.5 Å². The highest BCUT2D eigenvalue weighted by molar-refractivity contribution is 5.75. The summed E-state index contributed by atoms with van der Waals surface area (Å²) in [6, 6.07) is 0. The van der Waals surface area contributed by atoms with E-state index in [2.05, 4.69) is 16.5 Å². The number of carbonyl (C=O) groups excluding carboxylic acids is 1. The van der Waals surface area contributed by atoms with Crippen LogP contribution in [0, 0.1) is 0 Å². The third-order valence-electron chi connectivity index (χ3n) is 4.73. The van der Waals surface area contributed by atoms with Crippen LogP contribution in [0.15, 0.2) is 16.4 Å². The number of hydrogen-bond acceptors (Lipinski definition) is 3. The van der Waals surface area contributed by atoms with Crippen LogP contribution in [0.25, 0.3) is 0 Å². The van der Waals surface area contributed by atoms with Gasteiger partial charge >= 0.3 is 5.69 Å². The zero-order chi connectivity index (χ0) is 16.1. The van der Waals surface area contributed by atoms with Crippen molar-refractivity contribution in [3.05, 3.63) is 28.0 Å². The van der Waals surface area contributed by atoms with Crippen LogP contribution in [0.5, 0.6) is 0 Å². The molecular weight excluding hydrogens is 292 g/mol. The Labute approximate surface area is 136 Å². The molecule has 2 aliphatic rings. The maximum Gasteiger partial charge on any atom is 0.346 e. The molecule has 3 rings (SSSR count). The molecule has 6 nitrogen and oxygen atoms in total. The molecule has 0 fully saturated rings. The summed E-state index contributed by atoms with van der Waals surface area (Å²) in [6.45, 7) is 1.40. The molecule has 1 aliphatic carbocycles. The van der Waals surface area contributed by atoms with Gasteiger partial charge in [-0.3, -0.25) is 9.36 Å². The summed E-state index contributed by atoms with van der Waals surface area (Å²) in [6.07, 6.45) is 12.1. The Kier molecular flexibility index (Phi) is 5.31. The zero-order valence-corrected chi connectivity index (χ0v) is 13.7. The van der Waals surface area contributed by atoms with E-state index in [9.17, 15) is 9.59 Å². The van der Waals surface area contributed by atoms with Gasteiger partial charge in [0.05, 0.1) is 0 Å². The predicted octanol–water partition coefficient (Wildman–Crippen LogP) is 1.78. The quantitative estimate of drug-likeness (QED) is 0.841. The van der Waals surface area contributed by atoms with Gasteiger partial charge in [-0.2, -0.15) is 5.10 Å². The van der Waals surface area contributed by atoms with Gasteiger partial charge in [-0.05, 0) is 44.9 Å². The van der Waals surface area contributed by atoms with Crippen molar-refractivity contribution in [1.29, 1.82) is 0 Å². The van der Waals surface area contributed by atoms with Crippen molar-refractivity contribution >= 4 is 5.91 Å². The third kappa shape index (κ3) is 4.12. The van der Waals surface area contributed by atoms with Gasteiger partial charge in [0.15, 0.2) is 0 Å². The molecule has 0 bridgehead atoms. The van der Waals surface area contributed by atoms with Crippen LogP contribution in [0.4, 0.5) is 0 Å². The molecule has 0 saturated carbocycles. The summed E-state index contributed by atoms with van der Waals surface area (Å²) in [5, 5.41) is 7.25. The van der Waals surface area contributed by atoms with Crippen LogP contribution in [0.3, 0.4) is 0 Å². The Bertz CT molecular complexity index is 642. The average molecular weight is 318 g/mol. The van der Waals surface area contributed by atoms with E-state index in [0.717, 1.165) is 50.9 Å². The van der Waals surface area contributed by atoms with Crippen LogP contribution >= 0.6 is 0 Å². The molecule has 1 N–H and O–H groups in total. The van der Waals surface area contributed by atoms with Gasteiger partial charge in [-0.1, -0.05) is 18.1 Å². The second-order valence-electron chi connectivity index (χ2n) is 6.53. The Balaban J connectivity index is 1.52. The van der Waals surface area contributed by atoms with Crippen LogP contribution in [0.1, 0.15) is 57.2 Å². The first-order valence-electron chi connectivity index (χ1n) is 8.85. The molecule has 2 heterocycles. The Hall–Kier alpha value is -1.85. The fourth-order valence-electron chi connectivity index (χ4n) is 3.41. The number of aromatic nitrogens is 3. The highest BCUT2D eigenvalue weighted by atomic mass is 16.2. The van der Waals surface area contributed by atoms with Gasteiger partial charge in [-0.15, -0.1) is 0 Å². The summed E-state index contributed by atoms with van der Waals surface area (Å²) in [5.74, 6) is 0.699. The molecule has 0 unspecified atom stereocenters. The SMILES string of the molecule is O=C(Cn1nc2n(c1=O)CCCCC2)NCCC1=CCCCC1. The van der Waals surface area contributed by atoms with Crippen molar-refractivity contribution in [3.63, 3.8) is 0 Å². The Morgan fingerprint density at radius 1 is 1.17 bits per heavy atom. The summed E-state index contributed by atoms with van der Waals surface area (Å²) < 4.78 is 3.04. The number of allylic oxidation sites excluding steroid dienone is 1. The maximum absolute atomic E-state index is 12.3. The monoisotopic (exact) mass is 318 g/mol. The molecule has 1 aliphatic heterocycles. The van der Waals surface area contributed by atoms with E-state index in [1.807, 2.05) is 0 Å². The van der Waals surface area contributed by atoms with E-state index in [4.69, 9.17) is 0 Å². The minimum absolute atomic E-state index is 0.0257. The smallest absolute Gasteiger partial charge is 0.346 e. The highest BCUT2D eigenvalue weighted by Crippen LogP contribution is 2.19. The molecule has 23 heavy (non-hydrogen) atoms. The summed E-state index contributed by atoms with van der Waals surface area (Å²) in [5.41, 5.74) is 1.30. The minimum Gasteiger partial charge on any atom is -0.354 e. The third-order valence-corrected chi connectivity index (χ3v) is 4.73. The topological polar surface area (TPSA) is 68.9 Å². The fraction of sp³-hybridized carbons (Fsp3) is 0.706. The molecule has 126 valence electrons. The van der Waals surface area contributed by atoms with Gasteiger partial charge < -0.3 is 5.32 Å². The van der Waals surface area contributed by atoms with Crippen molar-refractivity contribution in [2.24, 2.45) is 0 Å². The molecule has 0 aromatic carbocycles. The molecule has 1 amide bonds. The zero-order valence-electron chi connectivity index (χ0n) is 13.7.